The normalized spacial score (nSPS) is 39.8. The summed E-state index contributed by atoms with van der Waals surface area (Å²) in [7, 11) is 0. The van der Waals surface area contributed by atoms with Crippen LogP contribution in [0.25, 0.3) is 0 Å². The van der Waals surface area contributed by atoms with Crippen molar-refractivity contribution >= 4 is 0 Å². The number of hydrogen-bond acceptors (Lipinski definition) is 2. The van der Waals surface area contributed by atoms with E-state index in [-0.39, 0.29) is 6.10 Å². The Morgan fingerprint density at radius 1 is 0.867 bits per heavy atom. The molecule has 15 heavy (non-hydrogen) atoms. The van der Waals surface area contributed by atoms with Gasteiger partial charge in [-0.15, -0.1) is 0 Å². The van der Waals surface area contributed by atoms with Crippen molar-refractivity contribution in [3.63, 3.8) is 0 Å². The fourth-order valence-electron chi connectivity index (χ4n) is 3.71. The summed E-state index contributed by atoms with van der Waals surface area (Å²) in [6, 6.07) is 0.880. The van der Waals surface area contributed by atoms with E-state index in [9.17, 15) is 5.11 Å². The minimum absolute atomic E-state index is 0.0120. The van der Waals surface area contributed by atoms with Gasteiger partial charge in [0.15, 0.2) is 0 Å². The van der Waals surface area contributed by atoms with E-state index < -0.39 is 0 Å². The van der Waals surface area contributed by atoms with Crippen molar-refractivity contribution in [2.45, 2.75) is 57.1 Å². The van der Waals surface area contributed by atoms with Crippen molar-refractivity contribution in [3.8, 4) is 0 Å². The molecule has 0 aromatic rings. The summed E-state index contributed by atoms with van der Waals surface area (Å²) < 4.78 is 0. The number of piperidine rings is 1. The lowest BCUT2D eigenvalue weighted by Crippen LogP contribution is -2.44. The van der Waals surface area contributed by atoms with E-state index >= 15 is 0 Å². The third-order valence-electron chi connectivity index (χ3n) is 4.73. The minimum atomic E-state index is -0.0120. The van der Waals surface area contributed by atoms with Crippen LogP contribution in [0, 0.1) is 11.8 Å². The molecule has 0 spiro atoms. The molecule has 1 heterocycles. The molecule has 2 aliphatic carbocycles. The molecule has 2 unspecified atom stereocenters. The van der Waals surface area contributed by atoms with Crippen molar-refractivity contribution in [2.75, 3.05) is 13.1 Å². The Kier molecular flexibility index (Phi) is 2.73. The highest BCUT2D eigenvalue weighted by molar-refractivity contribution is 4.95. The molecular weight excluding hydrogens is 186 g/mol. The molecule has 3 aliphatic rings. The van der Waals surface area contributed by atoms with E-state index in [1.807, 2.05) is 0 Å². The van der Waals surface area contributed by atoms with Gasteiger partial charge < -0.3 is 5.11 Å². The molecule has 2 heteroatoms. The van der Waals surface area contributed by atoms with Crippen LogP contribution in [-0.4, -0.2) is 35.2 Å². The topological polar surface area (TPSA) is 23.5 Å². The third kappa shape index (κ3) is 2.07. The summed E-state index contributed by atoms with van der Waals surface area (Å²) in [6.45, 7) is 2.30. The number of nitrogens with zero attached hydrogens (tertiary/aromatic N) is 1. The SMILES string of the molecule is OC1CCN(C2CCCC2C2CC2)CC1. The zero-order valence-corrected chi connectivity index (χ0v) is 9.57. The van der Waals surface area contributed by atoms with Gasteiger partial charge in [0, 0.05) is 19.1 Å². The Morgan fingerprint density at radius 2 is 1.60 bits per heavy atom. The van der Waals surface area contributed by atoms with Gasteiger partial charge in [0.1, 0.15) is 0 Å². The molecule has 0 amide bonds. The number of rotatable bonds is 2. The van der Waals surface area contributed by atoms with Gasteiger partial charge in [0.2, 0.25) is 0 Å². The number of hydrogen-bond donors (Lipinski definition) is 1. The summed E-state index contributed by atoms with van der Waals surface area (Å²) in [6.07, 6.45) is 9.36. The van der Waals surface area contributed by atoms with E-state index in [1.165, 1.54) is 32.1 Å². The molecule has 0 aromatic carbocycles. The molecule has 1 saturated heterocycles. The first kappa shape index (κ1) is 10.1. The van der Waals surface area contributed by atoms with Gasteiger partial charge in [-0.2, -0.15) is 0 Å². The molecule has 0 bridgehead atoms. The highest BCUT2D eigenvalue weighted by Crippen LogP contribution is 2.47. The zero-order chi connectivity index (χ0) is 10.3. The molecular formula is C13H23NO. The molecule has 2 atom stereocenters. The van der Waals surface area contributed by atoms with E-state index in [4.69, 9.17) is 0 Å². The monoisotopic (exact) mass is 209 g/mol. The Balaban J connectivity index is 1.60. The predicted molar refractivity (Wildman–Crippen MR) is 60.7 cm³/mol. The van der Waals surface area contributed by atoms with Crippen LogP contribution < -0.4 is 0 Å². The lowest BCUT2D eigenvalue weighted by atomic mass is 9.94. The second kappa shape index (κ2) is 4.06. The molecule has 3 fully saturated rings. The smallest absolute Gasteiger partial charge is 0.0564 e. The average Bonchev–Trinajstić information content (AvgIpc) is 2.98. The van der Waals surface area contributed by atoms with Gasteiger partial charge in [-0.3, -0.25) is 4.90 Å². The number of aliphatic hydroxyl groups excluding tert-OH is 1. The second-order valence-corrected chi connectivity index (χ2v) is 5.77. The lowest BCUT2D eigenvalue weighted by Gasteiger charge is -2.37. The Labute approximate surface area is 92.7 Å². The van der Waals surface area contributed by atoms with Crippen LogP contribution in [0.1, 0.15) is 44.9 Å². The fraction of sp³-hybridized carbons (Fsp3) is 1.00. The maximum atomic E-state index is 9.53. The summed E-state index contributed by atoms with van der Waals surface area (Å²) in [5.41, 5.74) is 0. The molecule has 3 rings (SSSR count). The van der Waals surface area contributed by atoms with Crippen molar-refractivity contribution in [1.29, 1.82) is 0 Å². The molecule has 2 nitrogen and oxygen atoms in total. The van der Waals surface area contributed by atoms with E-state index in [0.29, 0.717) is 0 Å². The molecule has 0 aromatic heterocycles. The number of likely N-dealkylation sites (tertiary alicyclic amines) is 1. The van der Waals surface area contributed by atoms with Gasteiger partial charge in [-0.1, -0.05) is 6.42 Å². The lowest BCUT2D eigenvalue weighted by molar-refractivity contribution is 0.0476. The Hall–Kier alpha value is -0.0800. The van der Waals surface area contributed by atoms with Crippen LogP contribution in [0.5, 0.6) is 0 Å². The van der Waals surface area contributed by atoms with Crippen LogP contribution in [0.4, 0.5) is 0 Å². The van der Waals surface area contributed by atoms with Crippen LogP contribution in [-0.2, 0) is 0 Å². The standard InChI is InChI=1S/C13H23NO/c15-11-6-8-14(9-7-11)13-3-1-2-12(13)10-4-5-10/h10-13,15H,1-9H2. The van der Waals surface area contributed by atoms with Crippen LogP contribution in [0.2, 0.25) is 0 Å². The van der Waals surface area contributed by atoms with E-state index in [2.05, 4.69) is 4.90 Å². The third-order valence-corrected chi connectivity index (χ3v) is 4.73. The maximum absolute atomic E-state index is 9.53. The Bertz CT molecular complexity index is 219. The molecule has 1 N–H and O–H groups in total. The zero-order valence-electron chi connectivity index (χ0n) is 9.57. The Morgan fingerprint density at radius 3 is 2.27 bits per heavy atom. The van der Waals surface area contributed by atoms with Gasteiger partial charge in [-0.05, 0) is 50.4 Å². The predicted octanol–water partition coefficient (Wildman–Crippen LogP) is 2.02. The first-order valence-corrected chi connectivity index (χ1v) is 6.77. The van der Waals surface area contributed by atoms with E-state index in [1.54, 1.807) is 0 Å². The highest BCUT2D eigenvalue weighted by Gasteiger charge is 2.42. The minimum Gasteiger partial charge on any atom is -0.393 e. The molecule has 2 saturated carbocycles. The van der Waals surface area contributed by atoms with Crippen molar-refractivity contribution in [2.24, 2.45) is 11.8 Å². The second-order valence-electron chi connectivity index (χ2n) is 5.77. The summed E-state index contributed by atoms with van der Waals surface area (Å²) >= 11 is 0. The summed E-state index contributed by atoms with van der Waals surface area (Å²) in [5, 5.41) is 9.53. The first-order chi connectivity index (χ1) is 7.34. The molecule has 1 aliphatic heterocycles. The van der Waals surface area contributed by atoms with Crippen LogP contribution >= 0.6 is 0 Å². The van der Waals surface area contributed by atoms with Crippen LogP contribution in [0.3, 0.4) is 0 Å². The maximum Gasteiger partial charge on any atom is 0.0564 e. The molecule has 0 radical (unpaired) electrons. The number of aliphatic hydroxyl groups is 1. The van der Waals surface area contributed by atoms with Gasteiger partial charge in [0.05, 0.1) is 6.10 Å². The van der Waals surface area contributed by atoms with Crippen LogP contribution in [0.15, 0.2) is 0 Å². The van der Waals surface area contributed by atoms with Crippen molar-refractivity contribution in [3.05, 3.63) is 0 Å². The first-order valence-electron chi connectivity index (χ1n) is 6.77. The van der Waals surface area contributed by atoms with Gasteiger partial charge >= 0.3 is 0 Å². The quantitative estimate of drug-likeness (QED) is 0.752. The van der Waals surface area contributed by atoms with Crippen molar-refractivity contribution < 1.29 is 5.11 Å². The highest BCUT2D eigenvalue weighted by atomic mass is 16.3. The largest absolute Gasteiger partial charge is 0.393 e. The van der Waals surface area contributed by atoms with Gasteiger partial charge in [-0.25, -0.2) is 0 Å². The van der Waals surface area contributed by atoms with Crippen molar-refractivity contribution in [1.82, 2.24) is 4.90 Å². The average molecular weight is 209 g/mol. The fourth-order valence-corrected chi connectivity index (χ4v) is 3.71. The summed E-state index contributed by atoms with van der Waals surface area (Å²) in [5.74, 6) is 2.09. The van der Waals surface area contributed by atoms with Gasteiger partial charge in [0.25, 0.3) is 0 Å². The van der Waals surface area contributed by atoms with E-state index in [0.717, 1.165) is 43.8 Å². The molecule has 86 valence electrons. The summed E-state index contributed by atoms with van der Waals surface area (Å²) in [4.78, 5) is 2.68.